The molecular formula is C17H21NO4. The molecule has 2 aromatic rings. The molecule has 0 fully saturated rings. The van der Waals surface area contributed by atoms with Gasteiger partial charge in [0.15, 0.2) is 0 Å². The summed E-state index contributed by atoms with van der Waals surface area (Å²) in [6.07, 6.45) is 3.24. The van der Waals surface area contributed by atoms with Crippen molar-refractivity contribution in [1.29, 1.82) is 0 Å². The Morgan fingerprint density at radius 1 is 1.27 bits per heavy atom. The first-order valence-electron chi connectivity index (χ1n) is 7.19. The van der Waals surface area contributed by atoms with Gasteiger partial charge in [-0.2, -0.15) is 0 Å². The molecule has 0 aliphatic carbocycles. The first-order valence-corrected chi connectivity index (χ1v) is 7.19. The van der Waals surface area contributed by atoms with Crippen LogP contribution >= 0.6 is 0 Å². The van der Waals surface area contributed by atoms with Gasteiger partial charge in [0.25, 0.3) is 5.91 Å². The van der Waals surface area contributed by atoms with Gasteiger partial charge in [-0.25, -0.2) is 0 Å². The molecule has 0 radical (unpaired) electrons. The number of benzene rings is 1. The molecule has 2 rings (SSSR count). The molecule has 0 aliphatic rings. The molecular weight excluding hydrogens is 282 g/mol. The molecule has 0 saturated carbocycles. The number of nitrogens with one attached hydrogen (secondary N) is 1. The molecule has 0 aliphatic heterocycles. The first kappa shape index (κ1) is 15.9. The maximum atomic E-state index is 12.3. The smallest absolute Gasteiger partial charge is 0.255 e. The fourth-order valence-corrected chi connectivity index (χ4v) is 2.17. The van der Waals surface area contributed by atoms with Gasteiger partial charge >= 0.3 is 0 Å². The van der Waals surface area contributed by atoms with Gasteiger partial charge in [0.1, 0.15) is 17.3 Å². The monoisotopic (exact) mass is 303 g/mol. The molecule has 5 nitrogen and oxygen atoms in total. The maximum absolute atomic E-state index is 12.3. The summed E-state index contributed by atoms with van der Waals surface area (Å²) >= 11 is 0. The van der Waals surface area contributed by atoms with Gasteiger partial charge in [-0.3, -0.25) is 4.79 Å². The quantitative estimate of drug-likeness (QED) is 0.854. The number of amides is 1. The van der Waals surface area contributed by atoms with Crippen LogP contribution in [0.4, 0.5) is 0 Å². The van der Waals surface area contributed by atoms with Crippen LogP contribution in [-0.4, -0.2) is 26.2 Å². The van der Waals surface area contributed by atoms with Crippen molar-refractivity contribution in [2.75, 3.05) is 14.2 Å². The summed E-state index contributed by atoms with van der Waals surface area (Å²) in [4.78, 5) is 12.3. The van der Waals surface area contributed by atoms with E-state index >= 15 is 0 Å². The van der Waals surface area contributed by atoms with Crippen LogP contribution in [0.25, 0.3) is 0 Å². The summed E-state index contributed by atoms with van der Waals surface area (Å²) in [5.41, 5.74) is 0.494. The Morgan fingerprint density at radius 3 is 2.73 bits per heavy atom. The lowest BCUT2D eigenvalue weighted by Crippen LogP contribution is -2.33. The van der Waals surface area contributed by atoms with Crippen molar-refractivity contribution in [2.24, 2.45) is 0 Å². The Kier molecular flexibility index (Phi) is 5.47. The topological polar surface area (TPSA) is 60.7 Å². The van der Waals surface area contributed by atoms with E-state index in [1.807, 2.05) is 19.1 Å². The van der Waals surface area contributed by atoms with Crippen molar-refractivity contribution in [3.63, 3.8) is 0 Å². The predicted molar refractivity (Wildman–Crippen MR) is 83.5 cm³/mol. The van der Waals surface area contributed by atoms with Gasteiger partial charge in [0.2, 0.25) is 0 Å². The van der Waals surface area contributed by atoms with E-state index in [0.29, 0.717) is 17.1 Å². The number of ether oxygens (including phenoxy) is 2. The van der Waals surface area contributed by atoms with Crippen molar-refractivity contribution in [1.82, 2.24) is 5.32 Å². The summed E-state index contributed by atoms with van der Waals surface area (Å²) in [5, 5.41) is 2.97. The molecule has 0 spiro atoms. The molecule has 1 heterocycles. The number of carbonyl (C=O) groups is 1. The number of aryl methyl sites for hydroxylation is 1. The second-order valence-electron chi connectivity index (χ2n) is 5.06. The Labute approximate surface area is 130 Å². The fraction of sp³-hybridized carbons (Fsp3) is 0.353. The van der Waals surface area contributed by atoms with Crippen LogP contribution in [0, 0.1) is 0 Å². The van der Waals surface area contributed by atoms with E-state index in [1.165, 1.54) is 7.11 Å². The Bertz CT molecular complexity index is 607. The maximum Gasteiger partial charge on any atom is 0.255 e. The van der Waals surface area contributed by atoms with Crippen LogP contribution in [0.5, 0.6) is 11.5 Å². The number of hydrogen-bond acceptors (Lipinski definition) is 4. The van der Waals surface area contributed by atoms with Crippen LogP contribution in [0.2, 0.25) is 0 Å². The average Bonchev–Trinajstić information content (AvgIpc) is 3.05. The molecule has 1 aromatic heterocycles. The highest BCUT2D eigenvalue weighted by molar-refractivity contribution is 5.97. The molecule has 1 unspecified atom stereocenters. The van der Waals surface area contributed by atoms with Crippen LogP contribution < -0.4 is 14.8 Å². The number of methoxy groups -OCH3 is 2. The summed E-state index contributed by atoms with van der Waals surface area (Å²) < 4.78 is 15.7. The molecule has 5 heteroatoms. The molecule has 1 atom stereocenters. The highest BCUT2D eigenvalue weighted by atomic mass is 16.5. The molecule has 0 saturated heterocycles. The van der Waals surface area contributed by atoms with Crippen molar-refractivity contribution >= 4 is 5.91 Å². The highest BCUT2D eigenvalue weighted by Gasteiger charge is 2.15. The minimum Gasteiger partial charge on any atom is -0.497 e. The van der Waals surface area contributed by atoms with E-state index in [2.05, 4.69) is 5.32 Å². The van der Waals surface area contributed by atoms with Crippen LogP contribution in [0.1, 0.15) is 29.5 Å². The van der Waals surface area contributed by atoms with Crippen LogP contribution in [0.15, 0.2) is 41.0 Å². The standard InChI is InChI=1S/C17H21NO4/c1-12(6-7-13-5-4-10-22-13)18-17(19)15-9-8-14(20-2)11-16(15)21-3/h4-5,8-12H,6-7H2,1-3H3,(H,18,19). The summed E-state index contributed by atoms with van der Waals surface area (Å²) in [6.45, 7) is 1.97. The second kappa shape index (κ2) is 7.54. The Morgan fingerprint density at radius 2 is 2.09 bits per heavy atom. The number of hydrogen-bond donors (Lipinski definition) is 1. The Balaban J connectivity index is 1.96. The normalized spacial score (nSPS) is 11.8. The van der Waals surface area contributed by atoms with E-state index in [1.54, 1.807) is 31.6 Å². The lowest BCUT2D eigenvalue weighted by atomic mass is 10.1. The van der Waals surface area contributed by atoms with Crippen molar-refractivity contribution in [3.05, 3.63) is 47.9 Å². The van der Waals surface area contributed by atoms with Crippen LogP contribution in [-0.2, 0) is 6.42 Å². The van der Waals surface area contributed by atoms with Crippen molar-refractivity contribution in [2.45, 2.75) is 25.8 Å². The van der Waals surface area contributed by atoms with Crippen LogP contribution in [0.3, 0.4) is 0 Å². The molecule has 1 aromatic carbocycles. The number of carbonyl (C=O) groups excluding carboxylic acids is 1. The SMILES string of the molecule is COc1ccc(C(=O)NC(C)CCc2ccco2)c(OC)c1. The van der Waals surface area contributed by atoms with E-state index < -0.39 is 0 Å². The summed E-state index contributed by atoms with van der Waals surface area (Å²) in [5.74, 6) is 1.91. The number of rotatable bonds is 7. The van der Waals surface area contributed by atoms with Gasteiger partial charge in [0, 0.05) is 18.5 Å². The molecule has 1 N–H and O–H groups in total. The molecule has 22 heavy (non-hydrogen) atoms. The van der Waals surface area contributed by atoms with E-state index in [9.17, 15) is 4.79 Å². The minimum absolute atomic E-state index is 0.0319. The van der Waals surface area contributed by atoms with Gasteiger partial charge in [-0.15, -0.1) is 0 Å². The molecule has 0 bridgehead atoms. The molecule has 118 valence electrons. The predicted octanol–water partition coefficient (Wildman–Crippen LogP) is 3.05. The van der Waals surface area contributed by atoms with Gasteiger partial charge < -0.3 is 19.2 Å². The van der Waals surface area contributed by atoms with E-state index in [-0.39, 0.29) is 11.9 Å². The largest absolute Gasteiger partial charge is 0.497 e. The first-order chi connectivity index (χ1) is 10.6. The lowest BCUT2D eigenvalue weighted by Gasteiger charge is -2.15. The Hall–Kier alpha value is -2.43. The average molecular weight is 303 g/mol. The summed E-state index contributed by atoms with van der Waals surface area (Å²) in [6, 6.07) is 8.96. The van der Waals surface area contributed by atoms with E-state index in [4.69, 9.17) is 13.9 Å². The van der Waals surface area contributed by atoms with Crippen molar-refractivity contribution in [3.8, 4) is 11.5 Å². The fourth-order valence-electron chi connectivity index (χ4n) is 2.17. The summed E-state index contributed by atoms with van der Waals surface area (Å²) in [7, 11) is 3.11. The third-order valence-electron chi connectivity index (χ3n) is 3.43. The number of furan rings is 1. The zero-order valence-corrected chi connectivity index (χ0v) is 13.1. The van der Waals surface area contributed by atoms with Crippen molar-refractivity contribution < 1.29 is 18.7 Å². The third-order valence-corrected chi connectivity index (χ3v) is 3.43. The zero-order valence-electron chi connectivity index (χ0n) is 13.1. The van der Waals surface area contributed by atoms with Gasteiger partial charge in [-0.05, 0) is 37.6 Å². The zero-order chi connectivity index (χ0) is 15.9. The lowest BCUT2D eigenvalue weighted by molar-refractivity contribution is 0.0935. The van der Waals surface area contributed by atoms with Gasteiger partial charge in [-0.1, -0.05) is 0 Å². The highest BCUT2D eigenvalue weighted by Crippen LogP contribution is 2.24. The second-order valence-corrected chi connectivity index (χ2v) is 5.06. The third kappa shape index (κ3) is 4.04. The molecule has 1 amide bonds. The van der Waals surface area contributed by atoms with E-state index in [0.717, 1.165) is 18.6 Å². The van der Waals surface area contributed by atoms with Gasteiger partial charge in [0.05, 0.1) is 26.0 Å². The minimum atomic E-state index is -0.161.